The van der Waals surface area contributed by atoms with Gasteiger partial charge in [-0.3, -0.25) is 14.5 Å². The van der Waals surface area contributed by atoms with Crippen molar-refractivity contribution in [3.8, 4) is 11.5 Å². The molecular weight excluding hydrogens is 442 g/mol. The number of thioether (sulfide) groups is 1. The third-order valence-electron chi connectivity index (χ3n) is 3.62. The Labute approximate surface area is 170 Å². The molecule has 0 radical (unpaired) electrons. The third kappa shape index (κ3) is 4.77. The minimum absolute atomic E-state index is 0.171. The van der Waals surface area contributed by atoms with Crippen LogP contribution in [0.1, 0.15) is 18.4 Å². The van der Waals surface area contributed by atoms with Gasteiger partial charge in [-0.25, -0.2) is 0 Å². The van der Waals surface area contributed by atoms with Crippen LogP contribution in [0.4, 0.5) is 0 Å². The van der Waals surface area contributed by atoms with E-state index in [9.17, 15) is 9.59 Å². The molecule has 1 aromatic carbocycles. The van der Waals surface area contributed by atoms with Crippen LogP contribution in [-0.4, -0.2) is 49.0 Å². The summed E-state index contributed by atoms with van der Waals surface area (Å²) in [6.45, 7) is 0.382. The van der Waals surface area contributed by atoms with Gasteiger partial charge in [0.1, 0.15) is 4.32 Å². The topological polar surface area (TPSA) is 65.1 Å². The molecular formula is C17H18BrNO5S2. The number of benzene rings is 1. The summed E-state index contributed by atoms with van der Waals surface area (Å²) in [5.74, 6) is 0.665. The Morgan fingerprint density at radius 3 is 2.65 bits per heavy atom. The van der Waals surface area contributed by atoms with E-state index in [1.165, 1.54) is 23.8 Å². The van der Waals surface area contributed by atoms with E-state index in [1.807, 2.05) is 6.07 Å². The van der Waals surface area contributed by atoms with Gasteiger partial charge in [-0.2, -0.15) is 0 Å². The summed E-state index contributed by atoms with van der Waals surface area (Å²) in [4.78, 5) is 25.8. The van der Waals surface area contributed by atoms with Gasteiger partial charge in [0.2, 0.25) is 0 Å². The van der Waals surface area contributed by atoms with Crippen LogP contribution in [0.15, 0.2) is 21.5 Å². The Morgan fingerprint density at radius 1 is 1.31 bits per heavy atom. The van der Waals surface area contributed by atoms with Gasteiger partial charge >= 0.3 is 5.97 Å². The fraction of sp³-hybridized carbons (Fsp3) is 0.353. The lowest BCUT2D eigenvalue weighted by Gasteiger charge is -2.13. The van der Waals surface area contributed by atoms with Crippen LogP contribution in [-0.2, 0) is 14.3 Å². The van der Waals surface area contributed by atoms with E-state index >= 15 is 0 Å². The number of nitrogens with zero attached hydrogens (tertiary/aromatic N) is 1. The highest BCUT2D eigenvalue weighted by Crippen LogP contribution is 2.38. The van der Waals surface area contributed by atoms with Crippen molar-refractivity contribution < 1.29 is 23.8 Å². The molecule has 140 valence electrons. The monoisotopic (exact) mass is 459 g/mol. The van der Waals surface area contributed by atoms with Crippen LogP contribution >= 0.6 is 39.9 Å². The SMILES string of the molecule is COC(=O)CCCN1C(=O)/C(=C/c2cc(Br)c(OC)c(OC)c2)SC1=S. The van der Waals surface area contributed by atoms with E-state index in [0.717, 1.165) is 10.0 Å². The molecule has 1 aliphatic rings. The summed E-state index contributed by atoms with van der Waals surface area (Å²) in [6, 6.07) is 3.62. The van der Waals surface area contributed by atoms with Crippen molar-refractivity contribution in [1.82, 2.24) is 4.90 Å². The Morgan fingerprint density at radius 2 is 2.04 bits per heavy atom. The molecule has 0 atom stereocenters. The molecule has 0 aromatic heterocycles. The number of halogens is 1. The molecule has 1 aromatic rings. The number of thiocarbonyl (C=S) groups is 1. The lowest BCUT2D eigenvalue weighted by atomic mass is 10.2. The number of ether oxygens (including phenoxy) is 3. The maximum Gasteiger partial charge on any atom is 0.305 e. The minimum Gasteiger partial charge on any atom is -0.493 e. The molecule has 0 spiro atoms. The van der Waals surface area contributed by atoms with E-state index < -0.39 is 0 Å². The predicted octanol–water partition coefficient (Wildman–Crippen LogP) is 3.62. The van der Waals surface area contributed by atoms with Gasteiger partial charge in [-0.05, 0) is 46.1 Å². The molecule has 1 amide bonds. The summed E-state index contributed by atoms with van der Waals surface area (Å²) in [7, 11) is 4.45. The van der Waals surface area contributed by atoms with Crippen molar-refractivity contribution in [1.29, 1.82) is 0 Å². The highest BCUT2D eigenvalue weighted by atomic mass is 79.9. The fourth-order valence-electron chi connectivity index (χ4n) is 2.35. The third-order valence-corrected chi connectivity index (χ3v) is 5.58. The summed E-state index contributed by atoms with van der Waals surface area (Å²) in [5.41, 5.74) is 0.782. The number of methoxy groups -OCH3 is 3. The van der Waals surface area contributed by atoms with Gasteiger partial charge in [0.05, 0.1) is 30.7 Å². The number of carbonyl (C=O) groups excluding carboxylic acids is 2. The van der Waals surface area contributed by atoms with Gasteiger partial charge in [-0.1, -0.05) is 24.0 Å². The first-order chi connectivity index (χ1) is 12.4. The standard InChI is InChI=1S/C17H18BrNO5S2/c1-22-12-8-10(7-11(18)15(12)24-3)9-13-16(21)19(17(25)26-13)6-4-5-14(20)23-2/h7-9H,4-6H2,1-3H3/b13-9-. The molecule has 1 aliphatic heterocycles. The first-order valence-electron chi connectivity index (χ1n) is 7.65. The van der Waals surface area contributed by atoms with Crippen LogP contribution < -0.4 is 9.47 Å². The maximum atomic E-state index is 12.6. The minimum atomic E-state index is -0.304. The van der Waals surface area contributed by atoms with Gasteiger partial charge in [0.25, 0.3) is 5.91 Å². The summed E-state index contributed by atoms with van der Waals surface area (Å²) in [5, 5.41) is 0. The number of amides is 1. The van der Waals surface area contributed by atoms with Crippen molar-refractivity contribution in [3.05, 3.63) is 27.1 Å². The Bertz CT molecular complexity index is 766. The summed E-state index contributed by atoms with van der Waals surface area (Å²) >= 11 is 9.96. The summed E-state index contributed by atoms with van der Waals surface area (Å²) < 4.78 is 16.4. The van der Waals surface area contributed by atoms with E-state index in [2.05, 4.69) is 20.7 Å². The highest BCUT2D eigenvalue weighted by Gasteiger charge is 2.31. The molecule has 0 bridgehead atoms. The van der Waals surface area contributed by atoms with Crippen LogP contribution in [0.3, 0.4) is 0 Å². The van der Waals surface area contributed by atoms with Crippen LogP contribution in [0.25, 0.3) is 6.08 Å². The second-order valence-corrected chi connectivity index (χ2v) is 7.78. The van der Waals surface area contributed by atoms with Crippen LogP contribution in [0, 0.1) is 0 Å². The lowest BCUT2D eigenvalue weighted by molar-refractivity contribution is -0.141. The summed E-state index contributed by atoms with van der Waals surface area (Å²) in [6.07, 6.45) is 2.50. The first-order valence-corrected chi connectivity index (χ1v) is 9.66. The smallest absolute Gasteiger partial charge is 0.305 e. The quantitative estimate of drug-likeness (QED) is 0.350. The molecule has 1 saturated heterocycles. The van der Waals surface area contributed by atoms with E-state index in [4.69, 9.17) is 21.7 Å². The van der Waals surface area contributed by atoms with Gasteiger partial charge < -0.3 is 14.2 Å². The highest BCUT2D eigenvalue weighted by molar-refractivity contribution is 9.10. The Hall–Kier alpha value is -1.58. The van der Waals surface area contributed by atoms with Crippen LogP contribution in [0.2, 0.25) is 0 Å². The number of esters is 1. The lowest BCUT2D eigenvalue weighted by Crippen LogP contribution is -2.29. The zero-order chi connectivity index (χ0) is 19.3. The zero-order valence-corrected chi connectivity index (χ0v) is 17.8. The van der Waals surface area contributed by atoms with Crippen molar-refractivity contribution in [3.63, 3.8) is 0 Å². The molecule has 26 heavy (non-hydrogen) atoms. The molecule has 0 aliphatic carbocycles. The fourth-order valence-corrected chi connectivity index (χ4v) is 4.28. The van der Waals surface area contributed by atoms with E-state index in [-0.39, 0.29) is 18.3 Å². The second-order valence-electron chi connectivity index (χ2n) is 5.25. The molecule has 0 saturated carbocycles. The number of hydrogen-bond donors (Lipinski definition) is 0. The van der Waals surface area contributed by atoms with Gasteiger partial charge in [0.15, 0.2) is 11.5 Å². The first kappa shape index (κ1) is 20.7. The van der Waals surface area contributed by atoms with Crippen molar-refractivity contribution in [2.24, 2.45) is 0 Å². The normalized spacial score (nSPS) is 15.5. The average Bonchev–Trinajstić information content (AvgIpc) is 2.88. The second kappa shape index (κ2) is 9.38. The number of carbonyl (C=O) groups is 2. The molecule has 1 heterocycles. The van der Waals surface area contributed by atoms with Crippen molar-refractivity contribution >= 4 is 62.2 Å². The number of hydrogen-bond acceptors (Lipinski definition) is 7. The zero-order valence-electron chi connectivity index (χ0n) is 14.5. The number of rotatable bonds is 7. The largest absolute Gasteiger partial charge is 0.493 e. The molecule has 1 fully saturated rings. The van der Waals surface area contributed by atoms with E-state index in [0.29, 0.717) is 33.7 Å². The molecule has 6 nitrogen and oxygen atoms in total. The van der Waals surface area contributed by atoms with Crippen LogP contribution in [0.5, 0.6) is 11.5 Å². The molecule has 0 unspecified atom stereocenters. The van der Waals surface area contributed by atoms with Gasteiger partial charge in [-0.15, -0.1) is 0 Å². The van der Waals surface area contributed by atoms with Gasteiger partial charge in [0, 0.05) is 13.0 Å². The van der Waals surface area contributed by atoms with E-state index in [1.54, 1.807) is 26.4 Å². The average molecular weight is 460 g/mol. The molecule has 9 heteroatoms. The molecule has 2 rings (SSSR count). The van der Waals surface area contributed by atoms with Crippen molar-refractivity contribution in [2.45, 2.75) is 12.8 Å². The maximum absolute atomic E-state index is 12.6. The Balaban J connectivity index is 2.17. The van der Waals surface area contributed by atoms with Crippen molar-refractivity contribution in [2.75, 3.05) is 27.9 Å². The predicted molar refractivity (Wildman–Crippen MR) is 108 cm³/mol. The Kier molecular flexibility index (Phi) is 7.48. The molecule has 0 N–H and O–H groups in total.